The van der Waals surface area contributed by atoms with Crippen LogP contribution in [0.1, 0.15) is 48.9 Å². The number of amides is 1. The third kappa shape index (κ3) is 2.51. The molecule has 3 aromatic rings. The third-order valence-corrected chi connectivity index (χ3v) is 7.40. The lowest BCUT2D eigenvalue weighted by atomic mass is 9.49. The first-order valence-corrected chi connectivity index (χ1v) is 10.4. The van der Waals surface area contributed by atoms with Gasteiger partial charge in [-0.1, -0.05) is 0 Å². The summed E-state index contributed by atoms with van der Waals surface area (Å²) >= 11 is 0. The predicted molar refractivity (Wildman–Crippen MR) is 108 cm³/mol. The van der Waals surface area contributed by atoms with Crippen molar-refractivity contribution in [2.45, 2.75) is 49.6 Å². The quantitative estimate of drug-likeness (QED) is 0.718. The van der Waals surface area contributed by atoms with Crippen molar-refractivity contribution in [3.8, 4) is 5.88 Å². The number of aromatic nitrogens is 3. The van der Waals surface area contributed by atoms with Crippen LogP contribution < -0.4 is 5.32 Å². The van der Waals surface area contributed by atoms with Crippen molar-refractivity contribution in [3.63, 3.8) is 0 Å². The SMILES string of the molecule is O=C(NC12CC3CC(C1)CC(n1cc4ncccc4c1O)(C3)C2)c1cccnc1. The highest BCUT2D eigenvalue weighted by Gasteiger charge is 2.59. The molecule has 6 nitrogen and oxygen atoms in total. The van der Waals surface area contributed by atoms with E-state index in [1.54, 1.807) is 24.7 Å². The standard InChI is InChI=1S/C23H24N4O2/c28-20(17-3-1-5-24-12-17)26-22-8-15-7-16(9-22)11-23(10-15,14-22)27-13-19-18(21(27)29)4-2-6-25-19/h1-6,12-13,15-16,29H,7-11,14H2,(H,26,28). The summed E-state index contributed by atoms with van der Waals surface area (Å²) < 4.78 is 2.08. The number of rotatable bonds is 3. The Morgan fingerprint density at radius 1 is 1.14 bits per heavy atom. The Bertz CT molecular complexity index is 1090. The first-order valence-electron chi connectivity index (χ1n) is 10.4. The molecule has 7 rings (SSSR count). The van der Waals surface area contributed by atoms with Gasteiger partial charge in [0.25, 0.3) is 5.91 Å². The van der Waals surface area contributed by atoms with Crippen molar-refractivity contribution >= 4 is 16.8 Å². The van der Waals surface area contributed by atoms with E-state index in [1.165, 1.54) is 6.42 Å². The van der Waals surface area contributed by atoms with E-state index in [0.29, 0.717) is 23.3 Å². The largest absolute Gasteiger partial charge is 0.494 e. The van der Waals surface area contributed by atoms with E-state index in [1.807, 2.05) is 24.4 Å². The zero-order valence-corrected chi connectivity index (χ0v) is 16.2. The highest BCUT2D eigenvalue weighted by Crippen LogP contribution is 2.61. The maximum absolute atomic E-state index is 13.0. The summed E-state index contributed by atoms with van der Waals surface area (Å²) in [5.74, 6) is 1.41. The molecule has 29 heavy (non-hydrogen) atoms. The highest BCUT2D eigenvalue weighted by molar-refractivity contribution is 5.94. The van der Waals surface area contributed by atoms with Crippen LogP contribution in [0.2, 0.25) is 0 Å². The fourth-order valence-electron chi connectivity index (χ4n) is 6.84. The minimum Gasteiger partial charge on any atom is -0.494 e. The molecule has 2 atom stereocenters. The fraction of sp³-hybridized carbons (Fsp3) is 0.435. The molecule has 1 amide bonds. The van der Waals surface area contributed by atoms with E-state index >= 15 is 0 Å². The molecule has 148 valence electrons. The van der Waals surface area contributed by atoms with Crippen LogP contribution in [-0.2, 0) is 5.54 Å². The predicted octanol–water partition coefficient (Wildman–Crippen LogP) is 3.61. The van der Waals surface area contributed by atoms with Crippen molar-refractivity contribution in [3.05, 3.63) is 54.6 Å². The van der Waals surface area contributed by atoms with E-state index < -0.39 is 0 Å². The zero-order chi connectivity index (χ0) is 19.6. The van der Waals surface area contributed by atoms with Crippen molar-refractivity contribution in [1.82, 2.24) is 19.9 Å². The van der Waals surface area contributed by atoms with Crippen molar-refractivity contribution in [2.24, 2.45) is 11.8 Å². The Kier molecular flexibility index (Phi) is 3.41. The zero-order valence-electron chi connectivity index (χ0n) is 16.2. The Labute approximate surface area is 169 Å². The number of nitrogens with zero attached hydrogens (tertiary/aromatic N) is 3. The second-order valence-corrected chi connectivity index (χ2v) is 9.42. The first-order chi connectivity index (χ1) is 14.1. The Balaban J connectivity index is 1.39. The monoisotopic (exact) mass is 388 g/mol. The second kappa shape index (κ2) is 5.81. The minimum atomic E-state index is -0.215. The van der Waals surface area contributed by atoms with Crippen molar-refractivity contribution in [2.75, 3.05) is 0 Å². The molecule has 4 saturated carbocycles. The molecule has 0 radical (unpaired) electrons. The molecule has 3 heterocycles. The molecule has 6 heteroatoms. The molecule has 0 saturated heterocycles. The van der Waals surface area contributed by atoms with Crippen LogP contribution in [0, 0.1) is 11.8 Å². The molecule has 0 spiro atoms. The van der Waals surface area contributed by atoms with Crippen LogP contribution in [0.25, 0.3) is 10.9 Å². The average molecular weight is 388 g/mol. The van der Waals surface area contributed by atoms with Gasteiger partial charge in [0.05, 0.1) is 22.0 Å². The second-order valence-electron chi connectivity index (χ2n) is 9.42. The number of aromatic hydroxyl groups is 1. The van der Waals surface area contributed by atoms with Crippen LogP contribution in [0.4, 0.5) is 0 Å². The molecule has 2 N–H and O–H groups in total. The van der Waals surface area contributed by atoms with Crippen LogP contribution in [0.15, 0.2) is 49.1 Å². The Hall–Kier alpha value is -2.89. The molecular formula is C23H24N4O2. The van der Waals surface area contributed by atoms with E-state index in [-0.39, 0.29) is 17.0 Å². The van der Waals surface area contributed by atoms with Crippen LogP contribution in [0.3, 0.4) is 0 Å². The molecule has 4 aliphatic rings. The lowest BCUT2D eigenvalue weighted by molar-refractivity contribution is -0.0708. The number of hydrogen-bond acceptors (Lipinski definition) is 4. The third-order valence-electron chi connectivity index (χ3n) is 7.40. The number of pyridine rings is 2. The summed E-state index contributed by atoms with van der Waals surface area (Å²) in [6, 6.07) is 7.40. The van der Waals surface area contributed by atoms with Gasteiger partial charge in [0.15, 0.2) is 0 Å². The van der Waals surface area contributed by atoms with Crippen molar-refractivity contribution in [1.29, 1.82) is 0 Å². The lowest BCUT2D eigenvalue weighted by Gasteiger charge is -2.62. The van der Waals surface area contributed by atoms with E-state index in [9.17, 15) is 9.90 Å². The minimum absolute atomic E-state index is 0.0428. The highest BCUT2D eigenvalue weighted by atomic mass is 16.3. The van der Waals surface area contributed by atoms with Crippen LogP contribution in [-0.4, -0.2) is 31.1 Å². The normalized spacial score (nSPS) is 32.6. The summed E-state index contributed by atoms with van der Waals surface area (Å²) in [4.78, 5) is 21.5. The van der Waals surface area contributed by atoms with Gasteiger partial charge < -0.3 is 15.0 Å². The molecule has 4 bridgehead atoms. The van der Waals surface area contributed by atoms with Gasteiger partial charge in [-0.2, -0.15) is 0 Å². The summed E-state index contributed by atoms with van der Waals surface area (Å²) in [5, 5.41) is 15.2. The van der Waals surface area contributed by atoms with E-state index in [2.05, 4.69) is 19.9 Å². The van der Waals surface area contributed by atoms with Gasteiger partial charge in [-0.3, -0.25) is 14.8 Å². The number of carbonyl (C=O) groups is 1. The average Bonchev–Trinajstić information content (AvgIpc) is 3.05. The van der Waals surface area contributed by atoms with Gasteiger partial charge in [0.2, 0.25) is 5.88 Å². The number of carbonyl (C=O) groups excluding carboxylic acids is 1. The Morgan fingerprint density at radius 2 is 1.93 bits per heavy atom. The number of hydrogen-bond donors (Lipinski definition) is 2. The summed E-state index contributed by atoms with van der Waals surface area (Å²) in [7, 11) is 0. The van der Waals surface area contributed by atoms with Gasteiger partial charge in [-0.05, 0) is 74.6 Å². The lowest BCUT2D eigenvalue weighted by Crippen LogP contribution is -2.65. The van der Waals surface area contributed by atoms with Gasteiger partial charge in [-0.15, -0.1) is 0 Å². The van der Waals surface area contributed by atoms with Crippen molar-refractivity contribution < 1.29 is 9.90 Å². The van der Waals surface area contributed by atoms with Gasteiger partial charge >= 0.3 is 0 Å². The van der Waals surface area contributed by atoms with Gasteiger partial charge in [0, 0.05) is 30.3 Å². The fourth-order valence-corrected chi connectivity index (χ4v) is 6.84. The topological polar surface area (TPSA) is 80.0 Å². The summed E-state index contributed by atoms with van der Waals surface area (Å²) in [6.07, 6.45) is 13.3. The first kappa shape index (κ1) is 17.0. The smallest absolute Gasteiger partial charge is 0.253 e. The Morgan fingerprint density at radius 3 is 2.66 bits per heavy atom. The van der Waals surface area contributed by atoms with Gasteiger partial charge in [-0.25, -0.2) is 0 Å². The molecular weight excluding hydrogens is 364 g/mol. The van der Waals surface area contributed by atoms with E-state index in [4.69, 9.17) is 0 Å². The maximum atomic E-state index is 13.0. The molecule has 4 fully saturated rings. The van der Waals surface area contributed by atoms with Crippen LogP contribution in [0.5, 0.6) is 5.88 Å². The molecule has 0 aromatic carbocycles. The molecule has 3 aromatic heterocycles. The van der Waals surface area contributed by atoms with Gasteiger partial charge in [0.1, 0.15) is 0 Å². The van der Waals surface area contributed by atoms with E-state index in [0.717, 1.165) is 43.0 Å². The summed E-state index contributed by atoms with van der Waals surface area (Å²) in [6.45, 7) is 0. The number of fused-ring (bicyclic) bond motifs is 1. The summed E-state index contributed by atoms with van der Waals surface area (Å²) in [5.41, 5.74) is 1.06. The maximum Gasteiger partial charge on any atom is 0.253 e. The number of nitrogens with one attached hydrogen (secondary N) is 1. The molecule has 0 aliphatic heterocycles. The van der Waals surface area contributed by atoms with Crippen LogP contribution >= 0.6 is 0 Å². The molecule has 2 unspecified atom stereocenters. The molecule has 4 aliphatic carbocycles.